The molecule has 0 spiro atoms. The Morgan fingerprint density at radius 1 is 1.10 bits per heavy atom. The van der Waals surface area contributed by atoms with E-state index in [0.29, 0.717) is 5.82 Å². The average molecular weight is 289 g/mol. The molecule has 0 bridgehead atoms. The maximum absolute atomic E-state index is 5.90. The Bertz CT molecular complexity index is 462. The molecular formula is C16H27N5. The van der Waals surface area contributed by atoms with Gasteiger partial charge in [-0.25, -0.2) is 9.97 Å². The fourth-order valence-corrected chi connectivity index (χ4v) is 3.57. The van der Waals surface area contributed by atoms with E-state index < -0.39 is 0 Å². The van der Waals surface area contributed by atoms with Crippen LogP contribution in [0.25, 0.3) is 0 Å². The van der Waals surface area contributed by atoms with E-state index in [4.69, 9.17) is 5.73 Å². The van der Waals surface area contributed by atoms with Crippen LogP contribution in [0.5, 0.6) is 0 Å². The summed E-state index contributed by atoms with van der Waals surface area (Å²) in [5, 5.41) is 0. The van der Waals surface area contributed by atoms with E-state index in [-0.39, 0.29) is 0 Å². The third-order valence-corrected chi connectivity index (χ3v) is 4.79. The van der Waals surface area contributed by atoms with E-state index in [9.17, 15) is 0 Å². The van der Waals surface area contributed by atoms with Gasteiger partial charge in [0, 0.05) is 31.6 Å². The number of nitrogen functional groups attached to an aromatic ring is 1. The summed E-state index contributed by atoms with van der Waals surface area (Å²) in [7, 11) is 0. The second-order valence-corrected chi connectivity index (χ2v) is 6.24. The van der Waals surface area contributed by atoms with Gasteiger partial charge in [-0.2, -0.15) is 0 Å². The highest BCUT2D eigenvalue weighted by Crippen LogP contribution is 2.24. The number of nitrogens with zero attached hydrogens (tertiary/aromatic N) is 4. The Kier molecular flexibility index (Phi) is 4.58. The molecule has 0 aromatic carbocycles. The summed E-state index contributed by atoms with van der Waals surface area (Å²) >= 11 is 0. The van der Waals surface area contributed by atoms with Gasteiger partial charge in [0.15, 0.2) is 0 Å². The third kappa shape index (κ3) is 3.46. The Labute approximate surface area is 127 Å². The molecule has 116 valence electrons. The van der Waals surface area contributed by atoms with Crippen molar-refractivity contribution in [3.8, 4) is 0 Å². The molecule has 21 heavy (non-hydrogen) atoms. The topological polar surface area (TPSA) is 58.3 Å². The maximum Gasteiger partial charge on any atom is 0.134 e. The molecule has 0 amide bonds. The summed E-state index contributed by atoms with van der Waals surface area (Å²) in [6.07, 6.45) is 7.49. The molecule has 3 rings (SSSR count). The fraction of sp³-hybridized carbons (Fsp3) is 0.750. The number of likely N-dealkylation sites (tertiary alicyclic amines) is 1. The molecule has 0 saturated carbocycles. The zero-order chi connectivity index (χ0) is 14.7. The van der Waals surface area contributed by atoms with Gasteiger partial charge in [-0.15, -0.1) is 0 Å². The SMILES string of the molecule is CCc1nc(N)cc(N2CCC(N3CCCCC3)CC2)n1. The molecule has 2 aliphatic rings. The molecule has 1 aromatic heterocycles. The number of rotatable bonds is 3. The standard InChI is InChI=1S/C16H27N5/c1-2-15-18-14(17)12-16(19-15)21-10-6-13(7-11-21)20-8-4-3-5-9-20/h12-13H,2-11H2,1H3,(H2,17,18,19). The van der Waals surface area contributed by atoms with Crippen LogP contribution in [0.3, 0.4) is 0 Å². The summed E-state index contributed by atoms with van der Waals surface area (Å²) in [5.74, 6) is 2.45. The molecule has 0 atom stereocenters. The smallest absolute Gasteiger partial charge is 0.134 e. The van der Waals surface area contributed by atoms with Crippen molar-refractivity contribution in [2.45, 2.75) is 51.5 Å². The van der Waals surface area contributed by atoms with Crippen molar-refractivity contribution >= 4 is 11.6 Å². The fourth-order valence-electron chi connectivity index (χ4n) is 3.57. The van der Waals surface area contributed by atoms with Crippen LogP contribution in [0, 0.1) is 0 Å². The van der Waals surface area contributed by atoms with Crippen molar-refractivity contribution in [1.82, 2.24) is 14.9 Å². The summed E-state index contributed by atoms with van der Waals surface area (Å²) < 4.78 is 0. The van der Waals surface area contributed by atoms with Gasteiger partial charge in [0.1, 0.15) is 17.5 Å². The minimum Gasteiger partial charge on any atom is -0.384 e. The van der Waals surface area contributed by atoms with Gasteiger partial charge >= 0.3 is 0 Å². The summed E-state index contributed by atoms with van der Waals surface area (Å²) in [4.78, 5) is 14.0. The van der Waals surface area contributed by atoms with Crippen LogP contribution in [0.1, 0.15) is 44.9 Å². The van der Waals surface area contributed by atoms with E-state index in [1.54, 1.807) is 0 Å². The first-order valence-corrected chi connectivity index (χ1v) is 8.38. The largest absolute Gasteiger partial charge is 0.384 e. The minimum absolute atomic E-state index is 0.593. The first-order chi connectivity index (χ1) is 10.3. The highest BCUT2D eigenvalue weighted by molar-refractivity contribution is 5.47. The zero-order valence-corrected chi connectivity index (χ0v) is 13.1. The normalized spacial score (nSPS) is 21.7. The van der Waals surface area contributed by atoms with Crippen molar-refractivity contribution in [2.75, 3.05) is 36.8 Å². The lowest BCUT2D eigenvalue weighted by molar-refractivity contribution is 0.141. The van der Waals surface area contributed by atoms with E-state index >= 15 is 0 Å². The second kappa shape index (κ2) is 6.60. The van der Waals surface area contributed by atoms with E-state index in [0.717, 1.165) is 37.2 Å². The Morgan fingerprint density at radius 2 is 1.81 bits per heavy atom. The van der Waals surface area contributed by atoms with Crippen molar-refractivity contribution in [3.05, 3.63) is 11.9 Å². The molecule has 2 saturated heterocycles. The predicted molar refractivity (Wildman–Crippen MR) is 86.5 cm³/mol. The first kappa shape index (κ1) is 14.6. The number of aromatic nitrogens is 2. The Balaban J connectivity index is 1.61. The van der Waals surface area contributed by atoms with Gasteiger partial charge in [-0.05, 0) is 38.8 Å². The van der Waals surface area contributed by atoms with Crippen LogP contribution in [0.4, 0.5) is 11.6 Å². The van der Waals surface area contributed by atoms with Gasteiger partial charge in [-0.3, -0.25) is 0 Å². The number of nitrogens with two attached hydrogens (primary N) is 1. The molecule has 0 unspecified atom stereocenters. The lowest BCUT2D eigenvalue weighted by Gasteiger charge is -2.40. The van der Waals surface area contributed by atoms with E-state index in [1.807, 2.05) is 6.07 Å². The molecule has 0 radical (unpaired) electrons. The third-order valence-electron chi connectivity index (χ3n) is 4.79. The molecule has 2 N–H and O–H groups in total. The quantitative estimate of drug-likeness (QED) is 0.923. The minimum atomic E-state index is 0.593. The molecular weight excluding hydrogens is 262 g/mol. The van der Waals surface area contributed by atoms with Crippen molar-refractivity contribution < 1.29 is 0 Å². The second-order valence-electron chi connectivity index (χ2n) is 6.24. The lowest BCUT2D eigenvalue weighted by atomic mass is 10.00. The van der Waals surface area contributed by atoms with Gasteiger partial charge < -0.3 is 15.5 Å². The van der Waals surface area contributed by atoms with Crippen LogP contribution in [-0.2, 0) is 6.42 Å². The van der Waals surface area contributed by atoms with Crippen LogP contribution in [-0.4, -0.2) is 47.1 Å². The van der Waals surface area contributed by atoms with Crippen LogP contribution >= 0.6 is 0 Å². The number of anilines is 2. The molecule has 0 aliphatic carbocycles. The number of aryl methyl sites for hydroxylation is 1. The van der Waals surface area contributed by atoms with Gasteiger partial charge in [0.2, 0.25) is 0 Å². The van der Waals surface area contributed by atoms with Gasteiger partial charge in [-0.1, -0.05) is 13.3 Å². The summed E-state index contributed by atoms with van der Waals surface area (Å²) in [6, 6.07) is 2.69. The van der Waals surface area contributed by atoms with E-state index in [1.165, 1.54) is 45.2 Å². The number of piperidine rings is 2. The highest BCUT2D eigenvalue weighted by Gasteiger charge is 2.26. The lowest BCUT2D eigenvalue weighted by Crippen LogP contribution is -2.47. The zero-order valence-electron chi connectivity index (χ0n) is 13.1. The molecule has 3 heterocycles. The number of hydrogen-bond donors (Lipinski definition) is 1. The van der Waals surface area contributed by atoms with Crippen LogP contribution < -0.4 is 10.6 Å². The van der Waals surface area contributed by atoms with Crippen molar-refractivity contribution in [3.63, 3.8) is 0 Å². The highest BCUT2D eigenvalue weighted by atomic mass is 15.2. The average Bonchev–Trinajstić information content (AvgIpc) is 2.55. The van der Waals surface area contributed by atoms with Crippen molar-refractivity contribution in [1.29, 1.82) is 0 Å². The monoisotopic (exact) mass is 289 g/mol. The van der Waals surface area contributed by atoms with Crippen LogP contribution in [0.2, 0.25) is 0 Å². The Morgan fingerprint density at radius 3 is 2.48 bits per heavy atom. The van der Waals surface area contributed by atoms with Crippen molar-refractivity contribution in [2.24, 2.45) is 0 Å². The maximum atomic E-state index is 5.90. The van der Waals surface area contributed by atoms with Crippen LogP contribution in [0.15, 0.2) is 6.07 Å². The first-order valence-electron chi connectivity index (χ1n) is 8.38. The molecule has 1 aromatic rings. The summed E-state index contributed by atoms with van der Waals surface area (Å²) in [6.45, 7) is 6.83. The molecule has 5 nitrogen and oxygen atoms in total. The number of hydrogen-bond acceptors (Lipinski definition) is 5. The molecule has 2 fully saturated rings. The van der Waals surface area contributed by atoms with Gasteiger partial charge in [0.25, 0.3) is 0 Å². The Hall–Kier alpha value is -1.36. The van der Waals surface area contributed by atoms with E-state index in [2.05, 4.69) is 26.7 Å². The summed E-state index contributed by atoms with van der Waals surface area (Å²) in [5.41, 5.74) is 5.90. The predicted octanol–water partition coefficient (Wildman–Crippen LogP) is 2.08. The molecule has 2 aliphatic heterocycles. The van der Waals surface area contributed by atoms with Gasteiger partial charge in [0.05, 0.1) is 0 Å². The molecule has 5 heteroatoms.